The van der Waals surface area contributed by atoms with Crippen LogP contribution >= 0.6 is 0 Å². The van der Waals surface area contributed by atoms with Crippen LogP contribution in [0.1, 0.15) is 41.3 Å². The molecule has 0 aromatic heterocycles. The van der Waals surface area contributed by atoms with Crippen LogP contribution in [0.25, 0.3) is 0 Å². The van der Waals surface area contributed by atoms with Crippen molar-refractivity contribution in [2.24, 2.45) is 0 Å². The summed E-state index contributed by atoms with van der Waals surface area (Å²) in [7, 11) is 0. The Morgan fingerprint density at radius 2 is 1.67 bits per heavy atom. The summed E-state index contributed by atoms with van der Waals surface area (Å²) in [6.45, 7) is 3.83. The number of imide groups is 1. The van der Waals surface area contributed by atoms with Gasteiger partial charge in [0, 0.05) is 30.6 Å². The molecule has 6 heteroatoms. The Morgan fingerprint density at radius 3 is 2.33 bits per heavy atom. The maximum atomic E-state index is 12.5. The fraction of sp³-hybridized carbons (Fsp3) is 0.286. The molecule has 1 aliphatic heterocycles. The number of hydrogen-bond acceptors (Lipinski definition) is 4. The molecular formula is C21H23N3O3. The average molecular weight is 365 g/mol. The summed E-state index contributed by atoms with van der Waals surface area (Å²) in [4.78, 5) is 37.2. The third-order valence-electron chi connectivity index (χ3n) is 4.54. The minimum Gasteiger partial charge on any atom is -0.322 e. The van der Waals surface area contributed by atoms with Crippen molar-refractivity contribution < 1.29 is 14.4 Å². The molecule has 0 unspecified atom stereocenters. The van der Waals surface area contributed by atoms with Gasteiger partial charge in [0.1, 0.15) is 0 Å². The highest BCUT2D eigenvalue weighted by molar-refractivity contribution is 6.04. The van der Waals surface area contributed by atoms with Crippen molar-refractivity contribution in [3.63, 3.8) is 0 Å². The van der Waals surface area contributed by atoms with Gasteiger partial charge in [-0.05, 0) is 35.9 Å². The molecule has 0 radical (unpaired) electrons. The first kappa shape index (κ1) is 18.8. The topological polar surface area (TPSA) is 78.5 Å². The number of carbonyl (C=O) groups is 3. The number of nitrogens with one attached hydrogen (secondary N) is 2. The summed E-state index contributed by atoms with van der Waals surface area (Å²) in [6, 6.07) is 14.7. The molecule has 2 aromatic carbocycles. The van der Waals surface area contributed by atoms with Crippen LogP contribution in [0.15, 0.2) is 48.5 Å². The second kappa shape index (κ2) is 8.60. The molecule has 0 atom stereocenters. The second-order valence-electron chi connectivity index (χ2n) is 6.46. The smallest absolute Gasteiger partial charge is 0.255 e. The van der Waals surface area contributed by atoms with Gasteiger partial charge < -0.3 is 10.6 Å². The number of benzene rings is 2. The molecule has 140 valence electrons. The summed E-state index contributed by atoms with van der Waals surface area (Å²) in [5, 5.41) is 6.20. The lowest BCUT2D eigenvalue weighted by molar-refractivity contribution is -0.139. The van der Waals surface area contributed by atoms with Crippen molar-refractivity contribution in [2.45, 2.75) is 32.9 Å². The zero-order valence-corrected chi connectivity index (χ0v) is 15.3. The van der Waals surface area contributed by atoms with Gasteiger partial charge in [-0.1, -0.05) is 37.3 Å². The Morgan fingerprint density at radius 1 is 1.00 bits per heavy atom. The van der Waals surface area contributed by atoms with E-state index >= 15 is 0 Å². The highest BCUT2D eigenvalue weighted by Gasteiger charge is 2.28. The quantitative estimate of drug-likeness (QED) is 0.740. The van der Waals surface area contributed by atoms with E-state index < -0.39 is 0 Å². The number of rotatable bonds is 7. The van der Waals surface area contributed by atoms with Crippen LogP contribution in [-0.4, -0.2) is 29.2 Å². The Hall–Kier alpha value is -2.99. The van der Waals surface area contributed by atoms with Crippen LogP contribution < -0.4 is 10.6 Å². The molecule has 2 N–H and O–H groups in total. The van der Waals surface area contributed by atoms with Crippen molar-refractivity contribution in [3.8, 4) is 0 Å². The maximum absolute atomic E-state index is 12.5. The summed E-state index contributed by atoms with van der Waals surface area (Å²) in [5.74, 6) is -0.475. The first-order valence-corrected chi connectivity index (χ1v) is 9.10. The van der Waals surface area contributed by atoms with Crippen molar-refractivity contribution in [1.82, 2.24) is 10.2 Å². The number of anilines is 1. The van der Waals surface area contributed by atoms with E-state index in [1.54, 1.807) is 24.3 Å². The van der Waals surface area contributed by atoms with Crippen molar-refractivity contribution in [2.75, 3.05) is 11.9 Å². The van der Waals surface area contributed by atoms with Gasteiger partial charge in [0.15, 0.2) is 0 Å². The molecule has 1 aliphatic rings. The van der Waals surface area contributed by atoms with Gasteiger partial charge in [-0.25, -0.2) is 0 Å². The average Bonchev–Trinajstić information content (AvgIpc) is 3.00. The van der Waals surface area contributed by atoms with Crippen LogP contribution in [0, 0.1) is 0 Å². The molecule has 1 saturated heterocycles. The van der Waals surface area contributed by atoms with Gasteiger partial charge >= 0.3 is 0 Å². The lowest BCUT2D eigenvalue weighted by Crippen LogP contribution is -2.28. The maximum Gasteiger partial charge on any atom is 0.255 e. The fourth-order valence-corrected chi connectivity index (χ4v) is 2.99. The van der Waals surface area contributed by atoms with E-state index in [0.29, 0.717) is 12.1 Å². The highest BCUT2D eigenvalue weighted by atomic mass is 16.2. The van der Waals surface area contributed by atoms with E-state index in [-0.39, 0.29) is 37.1 Å². The Kier molecular flexibility index (Phi) is 5.98. The molecule has 3 amide bonds. The third-order valence-corrected chi connectivity index (χ3v) is 4.54. The Balaban J connectivity index is 1.66. The number of hydrogen-bond donors (Lipinski definition) is 2. The standard InChI is InChI=1S/C21H23N3O3/c1-2-22-13-17-5-3-4-6-18(17)23-21(27)16-9-7-15(8-10-16)14-24-19(25)11-12-20(24)26/h3-10,22H,2,11-14H2,1H3,(H,23,27). The van der Waals surface area contributed by atoms with E-state index in [1.165, 1.54) is 4.90 Å². The predicted octanol–water partition coefficient (Wildman–Crippen LogP) is 2.70. The molecule has 6 nitrogen and oxygen atoms in total. The van der Waals surface area contributed by atoms with Gasteiger partial charge in [0.25, 0.3) is 5.91 Å². The van der Waals surface area contributed by atoms with Gasteiger partial charge in [0.2, 0.25) is 11.8 Å². The lowest BCUT2D eigenvalue weighted by atomic mass is 10.1. The zero-order chi connectivity index (χ0) is 19.2. The van der Waals surface area contributed by atoms with Gasteiger partial charge in [-0.15, -0.1) is 0 Å². The number of amides is 3. The van der Waals surface area contributed by atoms with E-state index in [9.17, 15) is 14.4 Å². The monoisotopic (exact) mass is 365 g/mol. The normalized spacial score (nSPS) is 13.9. The molecule has 0 spiro atoms. The Bertz CT molecular complexity index is 830. The molecule has 1 fully saturated rings. The minimum atomic E-state index is -0.196. The van der Waals surface area contributed by atoms with E-state index in [2.05, 4.69) is 10.6 Å². The molecule has 0 bridgehead atoms. The van der Waals surface area contributed by atoms with E-state index in [4.69, 9.17) is 0 Å². The highest BCUT2D eigenvalue weighted by Crippen LogP contribution is 2.18. The molecule has 2 aromatic rings. The first-order chi connectivity index (χ1) is 13.1. The predicted molar refractivity (Wildman–Crippen MR) is 103 cm³/mol. The molecule has 3 rings (SSSR count). The van der Waals surface area contributed by atoms with Crippen LogP contribution in [0.5, 0.6) is 0 Å². The SMILES string of the molecule is CCNCc1ccccc1NC(=O)c1ccc(CN2C(=O)CCC2=O)cc1. The zero-order valence-electron chi connectivity index (χ0n) is 15.3. The number of para-hydroxylation sites is 1. The van der Waals surface area contributed by atoms with Gasteiger partial charge in [-0.2, -0.15) is 0 Å². The van der Waals surface area contributed by atoms with Gasteiger partial charge in [-0.3, -0.25) is 19.3 Å². The van der Waals surface area contributed by atoms with E-state index in [1.807, 2.05) is 31.2 Å². The summed E-state index contributed by atoms with van der Waals surface area (Å²) >= 11 is 0. The first-order valence-electron chi connectivity index (χ1n) is 9.10. The molecular weight excluding hydrogens is 342 g/mol. The number of nitrogens with zero attached hydrogens (tertiary/aromatic N) is 1. The van der Waals surface area contributed by atoms with Crippen molar-refractivity contribution in [3.05, 3.63) is 65.2 Å². The molecule has 0 saturated carbocycles. The summed E-state index contributed by atoms with van der Waals surface area (Å²) < 4.78 is 0. The second-order valence-corrected chi connectivity index (χ2v) is 6.46. The molecule has 0 aliphatic carbocycles. The van der Waals surface area contributed by atoms with Crippen LogP contribution in [0.4, 0.5) is 5.69 Å². The van der Waals surface area contributed by atoms with Crippen LogP contribution in [-0.2, 0) is 22.7 Å². The summed E-state index contributed by atoms with van der Waals surface area (Å²) in [6.07, 6.45) is 0.567. The van der Waals surface area contributed by atoms with Crippen molar-refractivity contribution in [1.29, 1.82) is 0 Å². The fourth-order valence-electron chi connectivity index (χ4n) is 2.99. The largest absolute Gasteiger partial charge is 0.322 e. The number of carbonyl (C=O) groups excluding carboxylic acids is 3. The molecule has 27 heavy (non-hydrogen) atoms. The van der Waals surface area contributed by atoms with Crippen LogP contribution in [0.2, 0.25) is 0 Å². The van der Waals surface area contributed by atoms with Crippen molar-refractivity contribution >= 4 is 23.4 Å². The molecule has 1 heterocycles. The third kappa shape index (κ3) is 4.60. The van der Waals surface area contributed by atoms with Crippen LogP contribution in [0.3, 0.4) is 0 Å². The van der Waals surface area contributed by atoms with Gasteiger partial charge in [0.05, 0.1) is 6.54 Å². The Labute approximate surface area is 158 Å². The van der Waals surface area contributed by atoms with E-state index in [0.717, 1.165) is 23.4 Å². The lowest BCUT2D eigenvalue weighted by Gasteiger charge is -2.14. The summed E-state index contributed by atoms with van der Waals surface area (Å²) in [5.41, 5.74) is 3.15. The number of likely N-dealkylation sites (tertiary alicyclic amines) is 1. The minimum absolute atomic E-state index is 0.140.